The van der Waals surface area contributed by atoms with Crippen LogP contribution in [0.25, 0.3) is 0 Å². The summed E-state index contributed by atoms with van der Waals surface area (Å²) in [5.74, 6) is 2.91. The molecule has 0 radical (unpaired) electrons. The molecular weight excluding hydrogens is 208 g/mol. The Labute approximate surface area is 96.0 Å². The molecule has 0 aliphatic rings. The maximum atomic E-state index is 5.45. The molecule has 0 amide bonds. The molecule has 86 valence electrons. The Hall–Kier alpha value is -0.480. The van der Waals surface area contributed by atoms with E-state index in [1.807, 2.05) is 18.7 Å². The zero-order chi connectivity index (χ0) is 11.1. The molecule has 1 rings (SSSR count). The van der Waals surface area contributed by atoms with Crippen molar-refractivity contribution in [2.24, 2.45) is 0 Å². The van der Waals surface area contributed by atoms with Gasteiger partial charge in [-0.1, -0.05) is 0 Å². The first-order valence-electron chi connectivity index (χ1n) is 5.38. The summed E-state index contributed by atoms with van der Waals surface area (Å²) in [5, 5.41) is 3.41. The number of aromatic nitrogens is 1. The third-order valence-electron chi connectivity index (χ3n) is 2.24. The van der Waals surface area contributed by atoms with E-state index in [4.69, 9.17) is 4.42 Å². The van der Waals surface area contributed by atoms with Crippen molar-refractivity contribution in [3.8, 4) is 0 Å². The number of oxazole rings is 1. The number of aryl methyl sites for hydroxylation is 1. The highest BCUT2D eigenvalue weighted by molar-refractivity contribution is 7.98. The lowest BCUT2D eigenvalue weighted by Crippen LogP contribution is -2.20. The minimum Gasteiger partial charge on any atom is -0.444 e. The summed E-state index contributed by atoms with van der Waals surface area (Å²) >= 11 is 1.90. The molecule has 1 unspecified atom stereocenters. The van der Waals surface area contributed by atoms with Crippen molar-refractivity contribution in [1.29, 1.82) is 0 Å². The monoisotopic (exact) mass is 228 g/mol. The molecule has 1 aromatic heterocycles. The normalized spacial score (nSPS) is 13.0. The SMILES string of the molecule is CSCCCCNC(C)c1ncc(C)o1. The van der Waals surface area contributed by atoms with E-state index in [9.17, 15) is 0 Å². The highest BCUT2D eigenvalue weighted by Gasteiger charge is 2.09. The molecule has 4 heteroatoms. The Morgan fingerprint density at radius 1 is 1.53 bits per heavy atom. The van der Waals surface area contributed by atoms with E-state index in [1.165, 1.54) is 18.6 Å². The van der Waals surface area contributed by atoms with Gasteiger partial charge in [-0.2, -0.15) is 11.8 Å². The molecule has 1 heterocycles. The second-order valence-corrected chi connectivity index (χ2v) is 4.67. The van der Waals surface area contributed by atoms with Gasteiger partial charge < -0.3 is 9.73 Å². The zero-order valence-corrected chi connectivity index (χ0v) is 10.6. The fourth-order valence-corrected chi connectivity index (χ4v) is 1.84. The van der Waals surface area contributed by atoms with Crippen molar-refractivity contribution in [3.63, 3.8) is 0 Å². The van der Waals surface area contributed by atoms with Gasteiger partial charge in [0, 0.05) is 0 Å². The first-order chi connectivity index (χ1) is 7.24. The lowest BCUT2D eigenvalue weighted by atomic mass is 10.3. The van der Waals surface area contributed by atoms with Gasteiger partial charge in [0.1, 0.15) is 5.76 Å². The number of hydrogen-bond acceptors (Lipinski definition) is 4. The molecule has 0 spiro atoms. The summed E-state index contributed by atoms with van der Waals surface area (Å²) in [6.07, 6.45) is 6.39. The predicted octanol–water partition coefficient (Wildman–Crippen LogP) is 2.78. The van der Waals surface area contributed by atoms with Crippen LogP contribution in [0.5, 0.6) is 0 Å². The first-order valence-corrected chi connectivity index (χ1v) is 6.78. The molecule has 0 bridgehead atoms. The van der Waals surface area contributed by atoms with E-state index in [-0.39, 0.29) is 6.04 Å². The van der Waals surface area contributed by atoms with Gasteiger partial charge in [-0.05, 0) is 45.2 Å². The van der Waals surface area contributed by atoms with Crippen molar-refractivity contribution in [3.05, 3.63) is 17.8 Å². The summed E-state index contributed by atoms with van der Waals surface area (Å²) < 4.78 is 5.45. The van der Waals surface area contributed by atoms with E-state index < -0.39 is 0 Å². The lowest BCUT2D eigenvalue weighted by molar-refractivity contribution is 0.401. The van der Waals surface area contributed by atoms with Crippen LogP contribution in [-0.2, 0) is 0 Å². The number of nitrogens with zero attached hydrogens (tertiary/aromatic N) is 1. The van der Waals surface area contributed by atoms with Crippen LogP contribution >= 0.6 is 11.8 Å². The summed E-state index contributed by atoms with van der Waals surface area (Å²) in [5.41, 5.74) is 0. The minimum atomic E-state index is 0.216. The molecule has 1 atom stereocenters. The van der Waals surface area contributed by atoms with Crippen LogP contribution in [0.4, 0.5) is 0 Å². The van der Waals surface area contributed by atoms with Crippen molar-refractivity contribution in [1.82, 2.24) is 10.3 Å². The van der Waals surface area contributed by atoms with Gasteiger partial charge >= 0.3 is 0 Å². The molecule has 0 saturated carbocycles. The Morgan fingerprint density at radius 3 is 2.93 bits per heavy atom. The quantitative estimate of drug-likeness (QED) is 0.728. The summed E-state index contributed by atoms with van der Waals surface area (Å²) in [7, 11) is 0. The Morgan fingerprint density at radius 2 is 2.33 bits per heavy atom. The van der Waals surface area contributed by atoms with E-state index >= 15 is 0 Å². The van der Waals surface area contributed by atoms with E-state index in [0.29, 0.717) is 0 Å². The van der Waals surface area contributed by atoms with Crippen molar-refractivity contribution in [2.45, 2.75) is 32.7 Å². The van der Waals surface area contributed by atoms with Crippen molar-refractivity contribution in [2.75, 3.05) is 18.6 Å². The van der Waals surface area contributed by atoms with E-state index in [1.54, 1.807) is 6.20 Å². The van der Waals surface area contributed by atoms with E-state index in [2.05, 4.69) is 23.5 Å². The molecule has 0 fully saturated rings. The molecule has 0 aliphatic carbocycles. The smallest absolute Gasteiger partial charge is 0.211 e. The van der Waals surface area contributed by atoms with Crippen LogP contribution in [0, 0.1) is 6.92 Å². The van der Waals surface area contributed by atoms with Crippen molar-refractivity contribution >= 4 is 11.8 Å². The Kier molecular flexibility index (Phi) is 5.79. The first kappa shape index (κ1) is 12.6. The van der Waals surface area contributed by atoms with Gasteiger partial charge in [0.15, 0.2) is 0 Å². The van der Waals surface area contributed by atoms with Gasteiger partial charge in [-0.25, -0.2) is 4.98 Å². The summed E-state index contributed by atoms with van der Waals surface area (Å²) in [6.45, 7) is 5.03. The highest BCUT2D eigenvalue weighted by Crippen LogP contribution is 2.11. The second kappa shape index (κ2) is 6.90. The van der Waals surface area contributed by atoms with Crippen LogP contribution < -0.4 is 5.32 Å². The molecule has 1 aromatic rings. The Bertz CT molecular complexity index is 275. The molecule has 0 saturated heterocycles. The van der Waals surface area contributed by atoms with Gasteiger partial charge in [0.25, 0.3) is 0 Å². The molecule has 3 nitrogen and oxygen atoms in total. The minimum absolute atomic E-state index is 0.216. The number of unbranched alkanes of at least 4 members (excludes halogenated alkanes) is 1. The largest absolute Gasteiger partial charge is 0.444 e. The lowest BCUT2D eigenvalue weighted by Gasteiger charge is -2.09. The maximum absolute atomic E-state index is 5.45. The predicted molar refractivity (Wildman–Crippen MR) is 65.3 cm³/mol. The van der Waals surface area contributed by atoms with Gasteiger partial charge in [-0.15, -0.1) is 0 Å². The van der Waals surface area contributed by atoms with E-state index in [0.717, 1.165) is 18.2 Å². The molecule has 0 aromatic carbocycles. The summed E-state index contributed by atoms with van der Waals surface area (Å²) in [4.78, 5) is 4.20. The third-order valence-corrected chi connectivity index (χ3v) is 2.93. The summed E-state index contributed by atoms with van der Waals surface area (Å²) in [6, 6.07) is 0.216. The average molecular weight is 228 g/mol. The number of thioether (sulfide) groups is 1. The topological polar surface area (TPSA) is 38.1 Å². The molecular formula is C11H20N2OS. The number of nitrogens with one attached hydrogen (secondary N) is 1. The average Bonchev–Trinajstić information content (AvgIpc) is 2.64. The van der Waals surface area contributed by atoms with Crippen LogP contribution in [-0.4, -0.2) is 23.5 Å². The van der Waals surface area contributed by atoms with Crippen LogP contribution in [0.15, 0.2) is 10.6 Å². The van der Waals surface area contributed by atoms with Gasteiger partial charge in [0.05, 0.1) is 12.2 Å². The molecule has 0 aliphatic heterocycles. The zero-order valence-electron chi connectivity index (χ0n) is 9.75. The maximum Gasteiger partial charge on any atom is 0.211 e. The highest BCUT2D eigenvalue weighted by atomic mass is 32.2. The fourth-order valence-electron chi connectivity index (χ4n) is 1.35. The second-order valence-electron chi connectivity index (χ2n) is 3.68. The number of hydrogen-bond donors (Lipinski definition) is 1. The van der Waals surface area contributed by atoms with Gasteiger partial charge in [0.2, 0.25) is 5.89 Å². The standard InChI is InChI=1S/C11H20N2OS/c1-9-8-13-11(14-9)10(2)12-6-4-5-7-15-3/h8,10,12H,4-7H2,1-3H3. The van der Waals surface area contributed by atoms with Crippen LogP contribution in [0.3, 0.4) is 0 Å². The number of rotatable bonds is 7. The Balaban J connectivity index is 2.16. The molecule has 1 N–H and O–H groups in total. The van der Waals surface area contributed by atoms with Crippen LogP contribution in [0.2, 0.25) is 0 Å². The third kappa shape index (κ3) is 4.71. The van der Waals surface area contributed by atoms with Crippen molar-refractivity contribution < 1.29 is 4.42 Å². The van der Waals surface area contributed by atoms with Gasteiger partial charge in [-0.3, -0.25) is 0 Å². The molecule has 15 heavy (non-hydrogen) atoms. The fraction of sp³-hybridized carbons (Fsp3) is 0.727. The van der Waals surface area contributed by atoms with Crippen LogP contribution in [0.1, 0.15) is 37.5 Å².